The van der Waals surface area contributed by atoms with Crippen molar-refractivity contribution in [2.45, 2.75) is 33.1 Å². The molecule has 15 heavy (non-hydrogen) atoms. The highest BCUT2D eigenvalue weighted by Gasteiger charge is 2.04. The molecule has 0 aromatic heterocycles. The van der Waals surface area contributed by atoms with Crippen LogP contribution in [0.1, 0.15) is 33.1 Å². The van der Waals surface area contributed by atoms with E-state index in [1.165, 1.54) is 19.8 Å². The Labute approximate surface area is 90.7 Å². The molecule has 0 unspecified atom stereocenters. The molecule has 0 saturated carbocycles. The third-order valence-corrected chi connectivity index (χ3v) is 1.76. The zero-order chi connectivity index (χ0) is 11.7. The van der Waals surface area contributed by atoms with Gasteiger partial charge in [-0.15, -0.1) is 0 Å². The first-order chi connectivity index (χ1) is 7.07. The summed E-state index contributed by atoms with van der Waals surface area (Å²) in [7, 11) is 0. The van der Waals surface area contributed by atoms with Crippen molar-refractivity contribution < 1.29 is 14.6 Å². The third kappa shape index (κ3) is 7.73. The molecular weight excluding hydrogens is 194 g/mol. The minimum atomic E-state index is -0.935. The number of hydrogen-bond donors (Lipinski definition) is 1. The van der Waals surface area contributed by atoms with E-state index in [0.717, 1.165) is 25.5 Å². The van der Waals surface area contributed by atoms with Crippen molar-refractivity contribution in [3.8, 4) is 0 Å². The molecular formula is C11H19NO3. The van der Waals surface area contributed by atoms with Gasteiger partial charge in [0, 0.05) is 12.0 Å². The van der Waals surface area contributed by atoms with E-state index in [1.54, 1.807) is 0 Å². The van der Waals surface area contributed by atoms with Crippen LogP contribution in [0.25, 0.3) is 0 Å². The first-order valence-corrected chi connectivity index (χ1v) is 5.12. The molecule has 0 radical (unpaired) electrons. The monoisotopic (exact) mass is 213 g/mol. The smallest absolute Gasteiger partial charge is 0.330 e. The van der Waals surface area contributed by atoms with Crippen LogP contribution in [0.4, 0.5) is 0 Å². The number of carbonyl (C=O) groups is 1. The highest BCUT2D eigenvalue weighted by Crippen LogP contribution is 2.02. The molecule has 1 aliphatic heterocycles. The average Bonchev–Trinajstić information content (AvgIpc) is 2.68. The van der Waals surface area contributed by atoms with Crippen LogP contribution in [0.5, 0.6) is 0 Å². The number of rotatable bonds is 4. The molecule has 0 aromatic carbocycles. The summed E-state index contributed by atoms with van der Waals surface area (Å²) in [6.07, 6.45) is 3.47. The van der Waals surface area contributed by atoms with Crippen LogP contribution in [-0.4, -0.2) is 30.1 Å². The molecule has 4 nitrogen and oxygen atoms in total. The summed E-state index contributed by atoms with van der Waals surface area (Å²) in [6.45, 7) is 8.46. The van der Waals surface area contributed by atoms with Gasteiger partial charge in [-0.05, 0) is 13.3 Å². The van der Waals surface area contributed by atoms with Gasteiger partial charge in [0.25, 0.3) is 0 Å². The SMILES string of the molecule is C=C(C)C(=O)O.CCCCC1=NCCO1. The molecule has 0 aromatic rings. The van der Waals surface area contributed by atoms with E-state index in [4.69, 9.17) is 9.84 Å². The Hall–Kier alpha value is -1.32. The van der Waals surface area contributed by atoms with E-state index in [-0.39, 0.29) is 5.57 Å². The van der Waals surface area contributed by atoms with Crippen molar-refractivity contribution in [3.05, 3.63) is 12.2 Å². The molecule has 0 bridgehead atoms. The maximum atomic E-state index is 9.60. The molecule has 86 valence electrons. The van der Waals surface area contributed by atoms with Gasteiger partial charge in [-0.3, -0.25) is 4.99 Å². The van der Waals surface area contributed by atoms with Crippen LogP contribution < -0.4 is 0 Å². The lowest BCUT2D eigenvalue weighted by atomic mass is 10.2. The topological polar surface area (TPSA) is 58.9 Å². The lowest BCUT2D eigenvalue weighted by Gasteiger charge is -1.97. The standard InChI is InChI=1S/C7H13NO.C4H6O2/c1-2-3-4-7-8-5-6-9-7;1-3(2)4(5)6/h2-6H2,1H3;1H2,2H3,(H,5,6). The molecule has 1 rings (SSSR count). The molecule has 0 spiro atoms. The number of hydrogen-bond acceptors (Lipinski definition) is 3. The Kier molecular flexibility index (Phi) is 7.32. The van der Waals surface area contributed by atoms with Gasteiger partial charge in [0.2, 0.25) is 0 Å². The third-order valence-electron chi connectivity index (χ3n) is 1.76. The predicted molar refractivity (Wildman–Crippen MR) is 60.2 cm³/mol. The van der Waals surface area contributed by atoms with Gasteiger partial charge >= 0.3 is 5.97 Å². The Balaban J connectivity index is 0.000000288. The molecule has 0 saturated heterocycles. The van der Waals surface area contributed by atoms with Crippen molar-refractivity contribution in [1.29, 1.82) is 0 Å². The zero-order valence-electron chi connectivity index (χ0n) is 9.45. The van der Waals surface area contributed by atoms with E-state index in [2.05, 4.69) is 18.5 Å². The fourth-order valence-electron chi connectivity index (χ4n) is 0.859. The van der Waals surface area contributed by atoms with Crippen molar-refractivity contribution in [3.63, 3.8) is 0 Å². The lowest BCUT2D eigenvalue weighted by molar-refractivity contribution is -0.132. The summed E-state index contributed by atoms with van der Waals surface area (Å²) in [4.78, 5) is 13.8. The predicted octanol–water partition coefficient (Wildman–Crippen LogP) is 2.25. The van der Waals surface area contributed by atoms with Crippen LogP contribution in [0, 0.1) is 0 Å². The number of carboxylic acid groups (broad SMARTS) is 1. The number of aliphatic carboxylic acids is 1. The average molecular weight is 213 g/mol. The number of aliphatic imine (C=N–C) groups is 1. The summed E-state index contributed by atoms with van der Waals surface area (Å²) < 4.78 is 5.20. The van der Waals surface area contributed by atoms with Crippen LogP contribution in [0.3, 0.4) is 0 Å². The Morgan fingerprint density at radius 3 is 2.60 bits per heavy atom. The number of unbranched alkanes of at least 4 members (excludes halogenated alkanes) is 1. The number of nitrogens with zero attached hydrogens (tertiary/aromatic N) is 1. The highest BCUT2D eigenvalue weighted by molar-refractivity contribution is 5.84. The van der Waals surface area contributed by atoms with E-state index in [9.17, 15) is 4.79 Å². The number of carboxylic acids is 1. The maximum absolute atomic E-state index is 9.60. The summed E-state index contributed by atoms with van der Waals surface area (Å²) in [6, 6.07) is 0. The normalized spacial score (nSPS) is 13.3. The van der Waals surface area contributed by atoms with Gasteiger partial charge < -0.3 is 9.84 Å². The fraction of sp³-hybridized carbons (Fsp3) is 0.636. The van der Waals surface area contributed by atoms with E-state index < -0.39 is 5.97 Å². The van der Waals surface area contributed by atoms with E-state index >= 15 is 0 Å². The molecule has 1 N–H and O–H groups in total. The second kappa shape index (κ2) is 8.03. The van der Waals surface area contributed by atoms with Gasteiger partial charge in [-0.25, -0.2) is 4.79 Å². The lowest BCUT2D eigenvalue weighted by Crippen LogP contribution is -1.97. The quantitative estimate of drug-likeness (QED) is 0.729. The first kappa shape index (κ1) is 13.7. The largest absolute Gasteiger partial charge is 0.479 e. The van der Waals surface area contributed by atoms with Gasteiger partial charge in [-0.1, -0.05) is 19.9 Å². The second-order valence-electron chi connectivity index (χ2n) is 3.31. The summed E-state index contributed by atoms with van der Waals surface area (Å²) in [5, 5.41) is 7.89. The number of ether oxygens (including phenoxy) is 1. The van der Waals surface area contributed by atoms with Crippen LogP contribution in [0.15, 0.2) is 17.1 Å². The summed E-state index contributed by atoms with van der Waals surface area (Å²) >= 11 is 0. The minimum Gasteiger partial charge on any atom is -0.479 e. The Morgan fingerprint density at radius 1 is 1.67 bits per heavy atom. The van der Waals surface area contributed by atoms with Crippen LogP contribution >= 0.6 is 0 Å². The fourth-order valence-corrected chi connectivity index (χ4v) is 0.859. The molecule has 0 atom stereocenters. The molecule has 1 heterocycles. The zero-order valence-corrected chi connectivity index (χ0v) is 9.45. The highest BCUT2D eigenvalue weighted by atomic mass is 16.5. The first-order valence-electron chi connectivity index (χ1n) is 5.12. The van der Waals surface area contributed by atoms with Gasteiger partial charge in [0.1, 0.15) is 6.61 Å². The van der Waals surface area contributed by atoms with Crippen LogP contribution in [-0.2, 0) is 9.53 Å². The van der Waals surface area contributed by atoms with Gasteiger partial charge in [-0.2, -0.15) is 0 Å². The van der Waals surface area contributed by atoms with Crippen molar-refractivity contribution in [1.82, 2.24) is 0 Å². The van der Waals surface area contributed by atoms with Crippen LogP contribution in [0.2, 0.25) is 0 Å². The van der Waals surface area contributed by atoms with Gasteiger partial charge in [0.05, 0.1) is 6.54 Å². The minimum absolute atomic E-state index is 0.176. The molecule has 0 aliphatic carbocycles. The maximum Gasteiger partial charge on any atom is 0.330 e. The second-order valence-corrected chi connectivity index (χ2v) is 3.31. The Morgan fingerprint density at radius 2 is 2.27 bits per heavy atom. The molecule has 0 fully saturated rings. The molecule has 4 heteroatoms. The van der Waals surface area contributed by atoms with Crippen molar-refractivity contribution in [2.75, 3.05) is 13.2 Å². The van der Waals surface area contributed by atoms with Crippen molar-refractivity contribution >= 4 is 11.9 Å². The van der Waals surface area contributed by atoms with Crippen molar-refractivity contribution in [2.24, 2.45) is 4.99 Å². The summed E-state index contributed by atoms with van der Waals surface area (Å²) in [5.41, 5.74) is 0.176. The molecule has 1 aliphatic rings. The van der Waals surface area contributed by atoms with E-state index in [0.29, 0.717) is 0 Å². The van der Waals surface area contributed by atoms with E-state index in [1.807, 2.05) is 0 Å². The van der Waals surface area contributed by atoms with Gasteiger partial charge in [0.15, 0.2) is 5.90 Å². The summed E-state index contributed by atoms with van der Waals surface area (Å²) in [5.74, 6) is 0.0341. The molecule has 0 amide bonds. The Bertz CT molecular complexity index is 234.